The SMILES string of the molecule is CCNC(CS(=O)(=O)c1ccc(F)c(F)c1)C1CCOC1. The lowest BCUT2D eigenvalue weighted by Gasteiger charge is -2.23. The molecule has 1 aromatic carbocycles. The molecule has 0 aromatic heterocycles. The first-order valence-electron chi connectivity index (χ1n) is 6.93. The molecule has 1 fully saturated rings. The molecule has 0 aliphatic carbocycles. The van der Waals surface area contributed by atoms with Crippen LogP contribution in [0.25, 0.3) is 0 Å². The molecular weight excluding hydrogens is 300 g/mol. The number of halogens is 2. The second-order valence-electron chi connectivity index (χ2n) is 5.15. The summed E-state index contributed by atoms with van der Waals surface area (Å²) in [5, 5.41) is 3.15. The Bertz CT molecular complexity index is 586. The summed E-state index contributed by atoms with van der Waals surface area (Å²) >= 11 is 0. The molecule has 0 spiro atoms. The van der Waals surface area contributed by atoms with Gasteiger partial charge in [0.15, 0.2) is 21.5 Å². The fourth-order valence-corrected chi connectivity index (χ4v) is 4.11. The van der Waals surface area contributed by atoms with E-state index in [0.717, 1.165) is 24.6 Å². The quantitative estimate of drug-likeness (QED) is 0.812. The average Bonchev–Trinajstić information content (AvgIpc) is 2.95. The Balaban J connectivity index is 2.18. The van der Waals surface area contributed by atoms with Crippen molar-refractivity contribution in [1.29, 1.82) is 0 Å². The van der Waals surface area contributed by atoms with Gasteiger partial charge < -0.3 is 10.1 Å². The first-order valence-corrected chi connectivity index (χ1v) is 8.58. The number of nitrogens with one attached hydrogen (secondary N) is 1. The zero-order chi connectivity index (χ0) is 15.5. The zero-order valence-corrected chi connectivity index (χ0v) is 12.6. The first-order chi connectivity index (χ1) is 9.94. The van der Waals surface area contributed by atoms with E-state index in [-0.39, 0.29) is 22.6 Å². The van der Waals surface area contributed by atoms with Gasteiger partial charge in [0.2, 0.25) is 0 Å². The van der Waals surface area contributed by atoms with Crippen molar-refractivity contribution in [3.8, 4) is 0 Å². The lowest BCUT2D eigenvalue weighted by molar-refractivity contribution is 0.179. The summed E-state index contributed by atoms with van der Waals surface area (Å²) in [5.74, 6) is -2.24. The number of benzene rings is 1. The van der Waals surface area contributed by atoms with Crippen molar-refractivity contribution in [2.45, 2.75) is 24.3 Å². The van der Waals surface area contributed by atoms with Crippen LogP contribution in [0.3, 0.4) is 0 Å². The summed E-state index contributed by atoms with van der Waals surface area (Å²) in [6, 6.07) is 2.42. The molecule has 1 heterocycles. The largest absolute Gasteiger partial charge is 0.381 e. The Hall–Kier alpha value is -1.05. The van der Waals surface area contributed by atoms with Gasteiger partial charge in [-0.15, -0.1) is 0 Å². The highest BCUT2D eigenvalue weighted by Gasteiger charge is 2.30. The number of hydrogen-bond donors (Lipinski definition) is 1. The van der Waals surface area contributed by atoms with Crippen LogP contribution in [0.1, 0.15) is 13.3 Å². The third-order valence-electron chi connectivity index (χ3n) is 3.65. The van der Waals surface area contributed by atoms with Crippen LogP contribution in [0.2, 0.25) is 0 Å². The number of sulfone groups is 1. The Kier molecular flexibility index (Phi) is 5.29. The minimum absolute atomic E-state index is 0.116. The van der Waals surface area contributed by atoms with Crippen molar-refractivity contribution in [2.24, 2.45) is 5.92 Å². The van der Waals surface area contributed by atoms with Crippen LogP contribution in [0.5, 0.6) is 0 Å². The topological polar surface area (TPSA) is 55.4 Å². The predicted octanol–water partition coefficient (Wildman–Crippen LogP) is 1.75. The third kappa shape index (κ3) is 3.99. The summed E-state index contributed by atoms with van der Waals surface area (Å²) in [6.45, 7) is 3.67. The summed E-state index contributed by atoms with van der Waals surface area (Å²) < 4.78 is 56.2. The van der Waals surface area contributed by atoms with Crippen LogP contribution in [0.15, 0.2) is 23.1 Å². The molecule has 1 aromatic rings. The summed E-state index contributed by atoms with van der Waals surface area (Å²) in [6.07, 6.45) is 0.797. The Morgan fingerprint density at radius 1 is 1.38 bits per heavy atom. The van der Waals surface area contributed by atoms with Gasteiger partial charge in [0.1, 0.15) is 0 Å². The Morgan fingerprint density at radius 2 is 2.14 bits per heavy atom. The van der Waals surface area contributed by atoms with Crippen LogP contribution in [-0.2, 0) is 14.6 Å². The molecular formula is C14H19F2NO3S. The fourth-order valence-electron chi connectivity index (χ4n) is 2.50. The molecule has 1 aliphatic heterocycles. The highest BCUT2D eigenvalue weighted by atomic mass is 32.2. The molecule has 1 N–H and O–H groups in total. The molecule has 2 unspecified atom stereocenters. The Labute approximate surface area is 123 Å². The molecule has 4 nitrogen and oxygen atoms in total. The minimum Gasteiger partial charge on any atom is -0.381 e. The van der Waals surface area contributed by atoms with Gasteiger partial charge in [-0.1, -0.05) is 6.92 Å². The van der Waals surface area contributed by atoms with Gasteiger partial charge >= 0.3 is 0 Å². The van der Waals surface area contributed by atoms with Crippen LogP contribution < -0.4 is 5.32 Å². The van der Waals surface area contributed by atoms with Gasteiger partial charge in [0.25, 0.3) is 0 Å². The standard InChI is InChI=1S/C14H19F2NO3S/c1-2-17-14(10-5-6-20-8-10)9-21(18,19)11-3-4-12(15)13(16)7-11/h3-4,7,10,14,17H,2,5-6,8-9H2,1H3. The molecule has 2 atom stereocenters. The van der Waals surface area contributed by atoms with Crippen LogP contribution >= 0.6 is 0 Å². The van der Waals surface area contributed by atoms with E-state index in [1.165, 1.54) is 0 Å². The predicted molar refractivity (Wildman–Crippen MR) is 74.8 cm³/mol. The zero-order valence-electron chi connectivity index (χ0n) is 11.8. The van der Waals surface area contributed by atoms with Gasteiger partial charge in [-0.05, 0) is 31.2 Å². The molecule has 2 rings (SSSR count). The van der Waals surface area contributed by atoms with E-state index in [2.05, 4.69) is 5.32 Å². The van der Waals surface area contributed by atoms with Crippen molar-refractivity contribution < 1.29 is 21.9 Å². The number of ether oxygens (including phenoxy) is 1. The lowest BCUT2D eigenvalue weighted by atomic mass is 10.0. The van der Waals surface area contributed by atoms with Crippen LogP contribution in [0, 0.1) is 17.6 Å². The first kappa shape index (κ1) is 16.3. The van der Waals surface area contributed by atoms with Crippen molar-refractivity contribution >= 4 is 9.84 Å². The second kappa shape index (κ2) is 6.81. The summed E-state index contributed by atoms with van der Waals surface area (Å²) in [4.78, 5) is -0.191. The van der Waals surface area contributed by atoms with E-state index >= 15 is 0 Å². The highest BCUT2D eigenvalue weighted by Crippen LogP contribution is 2.22. The molecule has 0 bridgehead atoms. The average molecular weight is 319 g/mol. The van der Waals surface area contributed by atoms with E-state index < -0.39 is 21.5 Å². The molecule has 1 saturated heterocycles. The Morgan fingerprint density at radius 3 is 2.71 bits per heavy atom. The van der Waals surface area contributed by atoms with Crippen LogP contribution in [0.4, 0.5) is 8.78 Å². The summed E-state index contributed by atoms with van der Waals surface area (Å²) in [7, 11) is -3.68. The molecule has 7 heteroatoms. The maximum Gasteiger partial charge on any atom is 0.180 e. The third-order valence-corrected chi connectivity index (χ3v) is 5.42. The molecule has 0 saturated carbocycles. The number of hydrogen-bond acceptors (Lipinski definition) is 4. The second-order valence-corrected chi connectivity index (χ2v) is 7.18. The van der Waals surface area contributed by atoms with Gasteiger partial charge in [-0.3, -0.25) is 0 Å². The lowest BCUT2D eigenvalue weighted by Crippen LogP contribution is -2.42. The smallest absolute Gasteiger partial charge is 0.180 e. The van der Waals surface area contributed by atoms with E-state index in [1.807, 2.05) is 6.92 Å². The van der Waals surface area contributed by atoms with Gasteiger partial charge in [-0.2, -0.15) is 0 Å². The fraction of sp³-hybridized carbons (Fsp3) is 0.571. The summed E-state index contributed by atoms with van der Waals surface area (Å²) in [5.41, 5.74) is 0. The van der Waals surface area contributed by atoms with Crippen molar-refractivity contribution in [3.05, 3.63) is 29.8 Å². The minimum atomic E-state index is -3.68. The molecule has 21 heavy (non-hydrogen) atoms. The highest BCUT2D eigenvalue weighted by molar-refractivity contribution is 7.91. The van der Waals surface area contributed by atoms with Crippen LogP contribution in [-0.4, -0.2) is 40.0 Å². The van der Waals surface area contributed by atoms with E-state index in [1.54, 1.807) is 0 Å². The van der Waals surface area contributed by atoms with E-state index in [4.69, 9.17) is 4.74 Å². The molecule has 0 radical (unpaired) electrons. The molecule has 0 amide bonds. The molecule has 118 valence electrons. The van der Waals surface area contributed by atoms with Gasteiger partial charge in [0, 0.05) is 18.6 Å². The monoisotopic (exact) mass is 319 g/mol. The number of rotatable bonds is 6. The van der Waals surface area contributed by atoms with E-state index in [9.17, 15) is 17.2 Å². The maximum atomic E-state index is 13.2. The van der Waals surface area contributed by atoms with Gasteiger partial charge in [-0.25, -0.2) is 17.2 Å². The van der Waals surface area contributed by atoms with Crippen molar-refractivity contribution in [2.75, 3.05) is 25.5 Å². The van der Waals surface area contributed by atoms with Gasteiger partial charge in [0.05, 0.1) is 17.3 Å². The maximum absolute atomic E-state index is 13.2. The normalized spacial score (nSPS) is 20.6. The van der Waals surface area contributed by atoms with E-state index in [0.29, 0.717) is 19.8 Å². The van der Waals surface area contributed by atoms with Crippen molar-refractivity contribution in [1.82, 2.24) is 5.32 Å². The molecule has 1 aliphatic rings. The van der Waals surface area contributed by atoms with Crippen molar-refractivity contribution in [3.63, 3.8) is 0 Å².